The van der Waals surface area contributed by atoms with Crippen LogP contribution in [0.5, 0.6) is 5.75 Å². The molecule has 262 valence electrons. The Hall–Kier alpha value is -3.71. The maximum atomic E-state index is 13.9. The molecule has 1 aromatic heterocycles. The number of halogens is 3. The number of benzene rings is 2. The van der Waals surface area contributed by atoms with Gasteiger partial charge in [-0.2, -0.15) is 17.5 Å². The van der Waals surface area contributed by atoms with Crippen molar-refractivity contribution in [1.82, 2.24) is 19.8 Å². The van der Waals surface area contributed by atoms with Crippen molar-refractivity contribution in [1.29, 1.82) is 0 Å². The molecular weight excluding hydrogens is 696 g/mol. The molecule has 0 saturated carbocycles. The molecule has 0 aliphatic carbocycles. The van der Waals surface area contributed by atoms with Gasteiger partial charge in [-0.15, -0.1) is 11.3 Å². The summed E-state index contributed by atoms with van der Waals surface area (Å²) >= 11 is 0.878. The third-order valence-corrected chi connectivity index (χ3v) is 12.5. The summed E-state index contributed by atoms with van der Waals surface area (Å²) in [7, 11) is -4.58. The first-order valence-electron chi connectivity index (χ1n) is 14.7. The maximum absolute atomic E-state index is 13.9. The highest BCUT2D eigenvalue weighted by Crippen LogP contribution is 2.34. The molecule has 2 heterocycles. The number of sulfone groups is 1. The van der Waals surface area contributed by atoms with Crippen LogP contribution in [0.3, 0.4) is 0 Å². The van der Waals surface area contributed by atoms with Crippen LogP contribution in [-0.2, 0) is 26.4 Å². The van der Waals surface area contributed by atoms with Gasteiger partial charge in [-0.1, -0.05) is 12.1 Å². The van der Waals surface area contributed by atoms with Crippen LogP contribution < -0.4 is 20.7 Å². The number of amides is 2. The van der Waals surface area contributed by atoms with Gasteiger partial charge in [0.05, 0.1) is 24.1 Å². The van der Waals surface area contributed by atoms with Gasteiger partial charge in [-0.25, -0.2) is 16.8 Å². The largest absolute Gasteiger partial charge is 0.501 e. The summed E-state index contributed by atoms with van der Waals surface area (Å²) in [5.41, 5.74) is -5.01. The SMILES string of the molecule is COc1cccc(C(=O)NCc2cc(C(=O)NCCN(C)C)c(S(=O)(=O)N3CCC(Nc4cccc(S(=O)(=O)C(F)(F)F)c4)CC3)s2)c1. The second-order valence-electron chi connectivity index (χ2n) is 11.2. The van der Waals surface area contributed by atoms with E-state index >= 15 is 0 Å². The normalized spacial score (nSPS) is 14.9. The van der Waals surface area contributed by atoms with Gasteiger partial charge < -0.3 is 25.6 Å². The minimum absolute atomic E-state index is 0.0298. The molecule has 2 aromatic carbocycles. The van der Waals surface area contributed by atoms with Crippen LogP contribution in [0.2, 0.25) is 0 Å². The van der Waals surface area contributed by atoms with Crippen molar-refractivity contribution >= 4 is 48.7 Å². The number of ether oxygens (including phenoxy) is 1. The minimum Gasteiger partial charge on any atom is -0.497 e. The summed E-state index contributed by atoms with van der Waals surface area (Å²) in [5, 5.41) is 8.49. The number of thiophene rings is 1. The Kier molecular flexibility index (Phi) is 11.8. The zero-order valence-corrected chi connectivity index (χ0v) is 28.8. The van der Waals surface area contributed by atoms with Crippen molar-refractivity contribution in [2.75, 3.05) is 52.7 Å². The molecule has 0 bridgehead atoms. The number of likely N-dealkylation sites (N-methyl/N-ethyl adjacent to an activating group) is 1. The topological polar surface area (TPSA) is 154 Å². The van der Waals surface area contributed by atoms with E-state index in [1.54, 1.807) is 24.3 Å². The average Bonchev–Trinajstić information content (AvgIpc) is 3.49. The Morgan fingerprint density at radius 2 is 1.67 bits per heavy atom. The molecule has 2 amide bonds. The molecular formula is C30H36F3N5O7S3. The Morgan fingerprint density at radius 1 is 0.979 bits per heavy atom. The van der Waals surface area contributed by atoms with Crippen molar-refractivity contribution in [2.45, 2.75) is 40.0 Å². The first-order chi connectivity index (χ1) is 22.5. The fourth-order valence-electron chi connectivity index (χ4n) is 4.86. The van der Waals surface area contributed by atoms with Crippen molar-refractivity contribution in [3.63, 3.8) is 0 Å². The highest BCUT2D eigenvalue weighted by atomic mass is 32.2. The molecule has 3 N–H and O–H groups in total. The smallest absolute Gasteiger partial charge is 0.497 e. The van der Waals surface area contributed by atoms with Gasteiger partial charge in [0, 0.05) is 48.3 Å². The van der Waals surface area contributed by atoms with Gasteiger partial charge in [0.15, 0.2) is 0 Å². The lowest BCUT2D eigenvalue weighted by Gasteiger charge is -2.32. The van der Waals surface area contributed by atoms with E-state index < -0.39 is 42.1 Å². The number of anilines is 1. The van der Waals surface area contributed by atoms with Crippen molar-refractivity contribution in [2.24, 2.45) is 0 Å². The van der Waals surface area contributed by atoms with E-state index in [9.17, 15) is 39.6 Å². The second kappa shape index (κ2) is 15.2. The van der Waals surface area contributed by atoms with E-state index in [0.29, 0.717) is 22.7 Å². The van der Waals surface area contributed by atoms with Gasteiger partial charge in [-0.3, -0.25) is 9.59 Å². The van der Waals surface area contributed by atoms with E-state index in [0.717, 1.165) is 23.5 Å². The van der Waals surface area contributed by atoms with Gasteiger partial charge >= 0.3 is 5.51 Å². The summed E-state index contributed by atoms with van der Waals surface area (Å²) < 4.78 is 96.8. The molecule has 48 heavy (non-hydrogen) atoms. The van der Waals surface area contributed by atoms with Crippen molar-refractivity contribution in [3.05, 3.63) is 70.6 Å². The van der Waals surface area contributed by atoms with Gasteiger partial charge in [0.2, 0.25) is 0 Å². The number of hydrogen-bond donors (Lipinski definition) is 3. The lowest BCUT2D eigenvalue weighted by molar-refractivity contribution is -0.0436. The molecule has 3 aromatic rings. The first kappa shape index (κ1) is 37.1. The number of nitrogens with zero attached hydrogens (tertiary/aromatic N) is 2. The summed E-state index contributed by atoms with van der Waals surface area (Å²) in [6, 6.07) is 12.0. The molecule has 1 fully saturated rings. The Balaban J connectivity index is 1.49. The summed E-state index contributed by atoms with van der Waals surface area (Å²) in [5.74, 6) is -0.507. The molecule has 0 atom stereocenters. The van der Waals surface area contributed by atoms with Crippen molar-refractivity contribution < 1.29 is 44.3 Å². The fraction of sp³-hybridized carbons (Fsp3) is 0.400. The number of carbonyl (C=O) groups is 2. The predicted molar refractivity (Wildman–Crippen MR) is 174 cm³/mol. The summed E-state index contributed by atoms with van der Waals surface area (Å²) in [6.45, 7) is 0.811. The van der Waals surface area contributed by atoms with E-state index in [4.69, 9.17) is 4.74 Å². The molecule has 12 nitrogen and oxygen atoms in total. The quantitative estimate of drug-likeness (QED) is 0.240. The predicted octanol–water partition coefficient (Wildman–Crippen LogP) is 3.54. The van der Waals surface area contributed by atoms with Gasteiger partial charge in [-0.05, 0) is 69.4 Å². The van der Waals surface area contributed by atoms with E-state index in [1.165, 1.54) is 29.6 Å². The molecule has 1 aliphatic rings. The summed E-state index contributed by atoms with van der Waals surface area (Å²) in [4.78, 5) is 27.4. The monoisotopic (exact) mass is 731 g/mol. The Labute approximate surface area is 281 Å². The molecule has 0 spiro atoms. The number of alkyl halides is 3. The average molecular weight is 732 g/mol. The molecule has 1 aliphatic heterocycles. The number of hydrogen-bond acceptors (Lipinski definition) is 10. The Bertz CT molecular complexity index is 1840. The standard InChI is InChI=1S/C30H36F3N5O7S3/c1-37(2)15-12-34-28(40)26-18-24(19-35-27(39)20-6-4-8-23(16-20)45-3)46-29(26)48(43,44)38-13-10-21(11-14-38)36-22-7-5-9-25(17-22)47(41,42)30(31,32)33/h4-9,16-18,21,36H,10-15,19H2,1-3H3,(H,34,40)(H,35,39). The number of carbonyl (C=O) groups excluding carboxylic acids is 2. The van der Waals surface area contributed by atoms with Gasteiger partial charge in [0.1, 0.15) is 9.96 Å². The van der Waals surface area contributed by atoms with Gasteiger partial charge in [0.25, 0.3) is 31.7 Å². The number of methoxy groups -OCH3 is 1. The molecule has 18 heteroatoms. The zero-order valence-electron chi connectivity index (χ0n) is 26.3. The van der Waals surface area contributed by atoms with Crippen LogP contribution in [0, 0.1) is 0 Å². The highest BCUT2D eigenvalue weighted by Gasteiger charge is 2.47. The zero-order chi connectivity index (χ0) is 35.3. The molecule has 1 saturated heterocycles. The van der Waals surface area contributed by atoms with Crippen LogP contribution in [0.25, 0.3) is 0 Å². The minimum atomic E-state index is -5.53. The summed E-state index contributed by atoms with van der Waals surface area (Å²) in [6.07, 6.45) is 0.517. The van der Waals surface area contributed by atoms with Crippen molar-refractivity contribution in [3.8, 4) is 5.75 Å². The molecule has 0 radical (unpaired) electrons. The third kappa shape index (κ3) is 8.84. The number of piperidine rings is 1. The van der Waals surface area contributed by atoms with Crippen LogP contribution in [0.15, 0.2) is 63.7 Å². The van der Waals surface area contributed by atoms with E-state index in [-0.39, 0.29) is 60.5 Å². The molecule has 0 unspecified atom stereocenters. The van der Waals surface area contributed by atoms with Crippen LogP contribution in [0.4, 0.5) is 18.9 Å². The highest BCUT2D eigenvalue weighted by molar-refractivity contribution is 7.92. The van der Waals surface area contributed by atoms with Crippen LogP contribution in [0.1, 0.15) is 38.4 Å². The van der Waals surface area contributed by atoms with Crippen LogP contribution in [-0.4, -0.2) is 96.8 Å². The fourth-order valence-corrected chi connectivity index (χ4v) is 8.90. The number of sulfonamides is 1. The number of nitrogens with one attached hydrogen (secondary N) is 3. The lowest BCUT2D eigenvalue weighted by Crippen LogP contribution is -2.42. The maximum Gasteiger partial charge on any atom is 0.501 e. The Morgan fingerprint density at radius 3 is 2.31 bits per heavy atom. The van der Waals surface area contributed by atoms with Crippen LogP contribution >= 0.6 is 11.3 Å². The number of rotatable bonds is 13. The lowest BCUT2D eigenvalue weighted by atomic mass is 10.1. The molecule has 4 rings (SSSR count). The first-order valence-corrected chi connectivity index (χ1v) is 18.4. The second-order valence-corrected chi connectivity index (χ2v) is 16.4. The van der Waals surface area contributed by atoms with E-state index in [1.807, 2.05) is 19.0 Å². The third-order valence-electron chi connectivity index (χ3n) is 7.44. The van der Waals surface area contributed by atoms with E-state index in [2.05, 4.69) is 16.0 Å².